The maximum Gasteiger partial charge on any atom is 0.271 e. The first-order valence-corrected chi connectivity index (χ1v) is 7.81. The number of para-hydroxylation sites is 1. The second-order valence-electron chi connectivity index (χ2n) is 5.93. The molecule has 6 nitrogen and oxygen atoms in total. The summed E-state index contributed by atoms with van der Waals surface area (Å²) in [7, 11) is 0. The largest absolute Gasteiger partial charge is 0.377 e. The van der Waals surface area contributed by atoms with Gasteiger partial charge in [0.25, 0.3) is 5.91 Å². The summed E-state index contributed by atoms with van der Waals surface area (Å²) < 4.78 is 19.4. The molecule has 24 heavy (non-hydrogen) atoms. The van der Waals surface area contributed by atoms with Gasteiger partial charge in [-0.3, -0.25) is 4.79 Å². The number of aromatic amines is 2. The Balaban J connectivity index is 1.69. The number of carbonyl (C=O) groups is 1. The van der Waals surface area contributed by atoms with Crippen molar-refractivity contribution in [3.63, 3.8) is 0 Å². The van der Waals surface area contributed by atoms with Crippen LogP contribution in [0.15, 0.2) is 30.5 Å². The Morgan fingerprint density at radius 1 is 1.42 bits per heavy atom. The van der Waals surface area contributed by atoms with Crippen molar-refractivity contribution < 1.29 is 13.9 Å². The highest BCUT2D eigenvalue weighted by Gasteiger charge is 2.32. The van der Waals surface area contributed by atoms with E-state index in [2.05, 4.69) is 15.0 Å². The van der Waals surface area contributed by atoms with Gasteiger partial charge in [-0.1, -0.05) is 12.1 Å². The number of rotatable bonds is 2. The van der Waals surface area contributed by atoms with Crippen molar-refractivity contribution in [3.8, 4) is 0 Å². The molecule has 1 aromatic carbocycles. The number of fused-ring (bicyclic) bond motifs is 1. The molecule has 2 aromatic heterocycles. The first kappa shape index (κ1) is 14.9. The van der Waals surface area contributed by atoms with Gasteiger partial charge >= 0.3 is 0 Å². The normalized spacial score (nSPS) is 18.2. The van der Waals surface area contributed by atoms with E-state index in [1.165, 1.54) is 6.07 Å². The lowest BCUT2D eigenvalue weighted by molar-refractivity contribution is -0.00526. The van der Waals surface area contributed by atoms with Crippen LogP contribution in [0.25, 0.3) is 10.9 Å². The zero-order valence-corrected chi connectivity index (χ0v) is 13.2. The summed E-state index contributed by atoms with van der Waals surface area (Å²) >= 11 is 0. The van der Waals surface area contributed by atoms with Gasteiger partial charge in [0, 0.05) is 23.8 Å². The first-order chi connectivity index (χ1) is 11.6. The number of ether oxygens (including phenoxy) is 1. The summed E-state index contributed by atoms with van der Waals surface area (Å²) in [6.45, 7) is 3.22. The van der Waals surface area contributed by atoms with E-state index in [9.17, 15) is 9.18 Å². The molecule has 1 amide bonds. The fourth-order valence-corrected chi connectivity index (χ4v) is 3.06. The van der Waals surface area contributed by atoms with Crippen molar-refractivity contribution in [2.24, 2.45) is 0 Å². The van der Waals surface area contributed by atoms with Crippen LogP contribution in [-0.4, -0.2) is 45.5 Å². The van der Waals surface area contributed by atoms with E-state index in [0.29, 0.717) is 42.2 Å². The first-order valence-electron chi connectivity index (χ1n) is 7.81. The van der Waals surface area contributed by atoms with Gasteiger partial charge < -0.3 is 19.6 Å². The second-order valence-corrected chi connectivity index (χ2v) is 5.93. The Morgan fingerprint density at radius 2 is 2.29 bits per heavy atom. The summed E-state index contributed by atoms with van der Waals surface area (Å²) in [4.78, 5) is 25.0. The zero-order chi connectivity index (χ0) is 16.7. The Morgan fingerprint density at radius 3 is 3.04 bits per heavy atom. The number of benzene rings is 1. The molecule has 7 heteroatoms. The lowest BCUT2D eigenvalue weighted by atomic mass is 10.2. The Hall–Kier alpha value is -2.67. The molecule has 1 atom stereocenters. The SMILES string of the molecule is Cc1cnc([C@H]2COCCN2C(=O)c2cc3cccc(F)c3[nH]2)[nH]1. The highest BCUT2D eigenvalue weighted by atomic mass is 19.1. The van der Waals surface area contributed by atoms with Crippen molar-refractivity contribution in [2.75, 3.05) is 19.8 Å². The van der Waals surface area contributed by atoms with Crippen LogP contribution in [0.1, 0.15) is 28.0 Å². The van der Waals surface area contributed by atoms with Gasteiger partial charge in [-0.25, -0.2) is 9.37 Å². The molecule has 0 saturated carbocycles. The van der Waals surface area contributed by atoms with Gasteiger partial charge in [-0.15, -0.1) is 0 Å². The number of nitrogens with one attached hydrogen (secondary N) is 2. The van der Waals surface area contributed by atoms with Gasteiger partial charge in [0.2, 0.25) is 0 Å². The predicted octanol–water partition coefficient (Wildman–Crippen LogP) is 2.55. The van der Waals surface area contributed by atoms with Crippen molar-refractivity contribution in [2.45, 2.75) is 13.0 Å². The smallest absolute Gasteiger partial charge is 0.271 e. The highest BCUT2D eigenvalue weighted by Crippen LogP contribution is 2.26. The van der Waals surface area contributed by atoms with E-state index in [4.69, 9.17) is 4.74 Å². The summed E-state index contributed by atoms with van der Waals surface area (Å²) in [6.07, 6.45) is 1.73. The minimum Gasteiger partial charge on any atom is -0.377 e. The van der Waals surface area contributed by atoms with Crippen molar-refractivity contribution in [3.05, 3.63) is 53.5 Å². The molecule has 2 N–H and O–H groups in total. The van der Waals surface area contributed by atoms with Crippen LogP contribution in [0.4, 0.5) is 4.39 Å². The Kier molecular flexibility index (Phi) is 3.57. The average Bonchev–Trinajstić information content (AvgIpc) is 3.21. The van der Waals surface area contributed by atoms with Crippen LogP contribution >= 0.6 is 0 Å². The molecule has 3 aromatic rings. The molecule has 0 unspecified atom stereocenters. The number of carbonyl (C=O) groups excluding carboxylic acids is 1. The second kappa shape index (κ2) is 5.76. The minimum atomic E-state index is -0.369. The number of hydrogen-bond donors (Lipinski definition) is 2. The number of amides is 1. The number of nitrogens with zero attached hydrogens (tertiary/aromatic N) is 2. The highest BCUT2D eigenvalue weighted by molar-refractivity contribution is 5.98. The fourth-order valence-electron chi connectivity index (χ4n) is 3.06. The quantitative estimate of drug-likeness (QED) is 0.759. The molecule has 0 aliphatic carbocycles. The number of aromatic nitrogens is 3. The van der Waals surface area contributed by atoms with Crippen LogP contribution in [0.2, 0.25) is 0 Å². The van der Waals surface area contributed by atoms with E-state index in [-0.39, 0.29) is 17.8 Å². The molecule has 0 spiro atoms. The summed E-state index contributed by atoms with van der Waals surface area (Å²) in [5.41, 5.74) is 1.64. The summed E-state index contributed by atoms with van der Waals surface area (Å²) in [6, 6.07) is 6.18. The fraction of sp³-hybridized carbons (Fsp3) is 0.294. The lowest BCUT2D eigenvalue weighted by Crippen LogP contribution is -2.44. The third kappa shape index (κ3) is 2.46. The average molecular weight is 328 g/mol. The molecule has 4 rings (SSSR count). The topological polar surface area (TPSA) is 74.0 Å². The number of H-pyrrole nitrogens is 2. The maximum absolute atomic E-state index is 13.9. The maximum atomic E-state index is 13.9. The van der Waals surface area contributed by atoms with Crippen molar-refractivity contribution in [1.29, 1.82) is 0 Å². The summed E-state index contributed by atoms with van der Waals surface area (Å²) in [5, 5.41) is 0.678. The number of aryl methyl sites for hydroxylation is 1. The molecule has 124 valence electrons. The molecule has 1 saturated heterocycles. The van der Waals surface area contributed by atoms with E-state index in [1.54, 1.807) is 29.3 Å². The van der Waals surface area contributed by atoms with Crippen LogP contribution in [0, 0.1) is 12.7 Å². The van der Waals surface area contributed by atoms with Gasteiger partial charge in [0.05, 0.1) is 18.7 Å². The van der Waals surface area contributed by atoms with Gasteiger partial charge in [-0.2, -0.15) is 0 Å². The molecule has 3 heterocycles. The van der Waals surface area contributed by atoms with Crippen LogP contribution in [-0.2, 0) is 4.74 Å². The zero-order valence-electron chi connectivity index (χ0n) is 13.2. The number of halogens is 1. The van der Waals surface area contributed by atoms with Crippen LogP contribution in [0.3, 0.4) is 0 Å². The lowest BCUT2D eigenvalue weighted by Gasteiger charge is -2.34. The molecular weight excluding hydrogens is 311 g/mol. The van der Waals surface area contributed by atoms with Gasteiger partial charge in [0.15, 0.2) is 0 Å². The van der Waals surface area contributed by atoms with E-state index < -0.39 is 0 Å². The minimum absolute atomic E-state index is 0.187. The molecule has 0 radical (unpaired) electrons. The van der Waals surface area contributed by atoms with Crippen molar-refractivity contribution >= 4 is 16.8 Å². The predicted molar refractivity (Wildman–Crippen MR) is 86.2 cm³/mol. The summed E-state index contributed by atoms with van der Waals surface area (Å²) in [5.74, 6) is 0.141. The van der Waals surface area contributed by atoms with E-state index >= 15 is 0 Å². The monoisotopic (exact) mass is 328 g/mol. The molecule has 1 fully saturated rings. The van der Waals surface area contributed by atoms with Crippen molar-refractivity contribution in [1.82, 2.24) is 19.9 Å². The van der Waals surface area contributed by atoms with E-state index in [1.807, 2.05) is 6.92 Å². The number of hydrogen-bond acceptors (Lipinski definition) is 3. The third-order valence-corrected chi connectivity index (χ3v) is 4.26. The molecule has 1 aliphatic heterocycles. The van der Waals surface area contributed by atoms with Crippen LogP contribution < -0.4 is 0 Å². The van der Waals surface area contributed by atoms with Gasteiger partial charge in [-0.05, 0) is 19.1 Å². The molecular formula is C17H17FN4O2. The Labute approximate surface area is 137 Å². The molecule has 1 aliphatic rings. The van der Waals surface area contributed by atoms with E-state index in [0.717, 1.165) is 5.69 Å². The number of morpholine rings is 1. The van der Waals surface area contributed by atoms with Crippen LogP contribution in [0.5, 0.6) is 0 Å². The third-order valence-electron chi connectivity index (χ3n) is 4.26. The standard InChI is InChI=1S/C17H17FN4O2/c1-10-8-19-16(20-10)14-9-24-6-5-22(14)17(23)13-7-11-3-2-4-12(18)15(11)21-13/h2-4,7-8,14,21H,5-6,9H2,1H3,(H,19,20)/t14-/m1/s1. The number of imidazole rings is 1. The Bertz CT molecular complexity index is 901. The molecule has 0 bridgehead atoms. The van der Waals surface area contributed by atoms with Gasteiger partial charge in [0.1, 0.15) is 23.4 Å².